The van der Waals surface area contributed by atoms with Gasteiger partial charge in [-0.15, -0.1) is 0 Å². The predicted molar refractivity (Wildman–Crippen MR) is 169 cm³/mol. The van der Waals surface area contributed by atoms with Crippen molar-refractivity contribution in [2.45, 2.75) is 70.4 Å². The van der Waals surface area contributed by atoms with Gasteiger partial charge in [0.15, 0.2) is 0 Å². The number of aryl methyl sites for hydroxylation is 1. The topological polar surface area (TPSA) is 74.4 Å². The molecule has 1 aliphatic carbocycles. The molecule has 3 heterocycles. The van der Waals surface area contributed by atoms with E-state index < -0.39 is 5.41 Å². The normalized spacial score (nSPS) is 22.5. The number of imidazole rings is 1. The number of rotatable bonds is 10. The molecule has 9 heteroatoms. The zero-order valence-corrected chi connectivity index (χ0v) is 26.3. The molecule has 0 N–H and O–H groups in total. The van der Waals surface area contributed by atoms with Gasteiger partial charge in [-0.05, 0) is 93.9 Å². The van der Waals surface area contributed by atoms with Gasteiger partial charge in [-0.1, -0.05) is 19.1 Å². The van der Waals surface area contributed by atoms with Gasteiger partial charge in [0.1, 0.15) is 23.6 Å². The molecule has 7 nitrogen and oxygen atoms in total. The van der Waals surface area contributed by atoms with E-state index >= 15 is 0 Å². The maximum atomic E-state index is 15.0. The molecule has 45 heavy (non-hydrogen) atoms. The lowest BCUT2D eigenvalue weighted by Crippen LogP contribution is -2.55. The summed E-state index contributed by atoms with van der Waals surface area (Å²) in [6.45, 7) is 8.90. The number of hydrogen-bond donors (Lipinski definition) is 0. The number of benzene rings is 2. The summed E-state index contributed by atoms with van der Waals surface area (Å²) in [5.74, 6) is 0.927. The molecule has 2 saturated heterocycles. The number of hydrogen-bond acceptors (Lipinski definition) is 6. The van der Waals surface area contributed by atoms with Crippen LogP contribution in [0.25, 0.3) is 0 Å². The first-order chi connectivity index (χ1) is 21.8. The molecule has 0 radical (unpaired) electrons. The van der Waals surface area contributed by atoms with E-state index in [4.69, 9.17) is 10.00 Å². The number of nitriles is 1. The first-order valence-electron chi connectivity index (χ1n) is 16.4. The van der Waals surface area contributed by atoms with Crippen LogP contribution in [-0.2, 0) is 21.5 Å². The number of halogens is 2. The largest absolute Gasteiger partial charge is 0.462 e. The standard InChI is InChI=1S/C36H43F2N5O2/c1-3-35(44)45-34-9-5-8-31(34)36(24-42-17-14-40-25(42)2,29-6-4-7-30(37)19-29)28-12-15-41(16-13-28)21-27-22-43(23-27)33-11-10-26(20-39)18-32(33)38/h4,6-7,10-11,14,17-19,27-28,31,34H,3,5,8-9,12-13,15-16,21-24H2,1-2H3/t31-,34-,36-/m0/s1. The average Bonchev–Trinajstić information content (AvgIpc) is 3.66. The third-order valence-corrected chi connectivity index (χ3v) is 10.6. The molecule has 3 atom stereocenters. The monoisotopic (exact) mass is 615 g/mol. The Bertz CT molecular complexity index is 1540. The van der Waals surface area contributed by atoms with Gasteiger partial charge >= 0.3 is 5.97 Å². The van der Waals surface area contributed by atoms with E-state index in [9.17, 15) is 13.6 Å². The summed E-state index contributed by atoms with van der Waals surface area (Å²) in [6.07, 6.45) is 8.61. The Hall–Kier alpha value is -3.77. The Balaban J connectivity index is 1.22. The van der Waals surface area contributed by atoms with Crippen molar-refractivity contribution in [3.8, 4) is 6.07 Å². The zero-order chi connectivity index (χ0) is 31.6. The Labute approximate surface area is 264 Å². The van der Waals surface area contributed by atoms with Gasteiger partial charge < -0.3 is 19.1 Å². The van der Waals surface area contributed by atoms with Crippen LogP contribution in [0.1, 0.15) is 62.4 Å². The maximum absolute atomic E-state index is 15.0. The molecule has 3 aliphatic rings. The molecule has 0 bridgehead atoms. The summed E-state index contributed by atoms with van der Waals surface area (Å²) < 4.78 is 37.9. The first-order valence-corrected chi connectivity index (χ1v) is 16.4. The summed E-state index contributed by atoms with van der Waals surface area (Å²) in [5.41, 5.74) is 1.45. The summed E-state index contributed by atoms with van der Waals surface area (Å²) in [6, 6.07) is 13.8. The van der Waals surface area contributed by atoms with E-state index in [-0.39, 0.29) is 35.5 Å². The van der Waals surface area contributed by atoms with Crippen LogP contribution >= 0.6 is 0 Å². The van der Waals surface area contributed by atoms with E-state index in [0.717, 1.165) is 76.2 Å². The van der Waals surface area contributed by atoms with E-state index in [0.29, 0.717) is 30.1 Å². The van der Waals surface area contributed by atoms with Crippen LogP contribution in [0.3, 0.4) is 0 Å². The molecule has 0 unspecified atom stereocenters. The highest BCUT2D eigenvalue weighted by Gasteiger charge is 2.53. The van der Waals surface area contributed by atoms with Gasteiger partial charge in [0, 0.05) is 62.2 Å². The first kappa shape index (κ1) is 31.2. The van der Waals surface area contributed by atoms with E-state index in [1.54, 1.807) is 18.2 Å². The number of ether oxygens (including phenoxy) is 1. The molecule has 2 aliphatic heterocycles. The third kappa shape index (κ3) is 6.35. The molecule has 3 fully saturated rings. The molecule has 1 aromatic heterocycles. The third-order valence-electron chi connectivity index (χ3n) is 10.6. The average molecular weight is 616 g/mol. The van der Waals surface area contributed by atoms with Crippen LogP contribution in [-0.4, -0.2) is 59.2 Å². The Morgan fingerprint density at radius 1 is 1.11 bits per heavy atom. The summed E-state index contributed by atoms with van der Waals surface area (Å²) in [7, 11) is 0. The van der Waals surface area contributed by atoms with Crippen molar-refractivity contribution < 1.29 is 18.3 Å². The van der Waals surface area contributed by atoms with Gasteiger partial charge in [-0.25, -0.2) is 13.8 Å². The molecule has 3 aromatic rings. The highest BCUT2D eigenvalue weighted by atomic mass is 19.1. The van der Waals surface area contributed by atoms with Crippen molar-refractivity contribution in [1.82, 2.24) is 14.5 Å². The summed E-state index contributed by atoms with van der Waals surface area (Å²) >= 11 is 0. The lowest BCUT2D eigenvalue weighted by atomic mass is 9.58. The second-order valence-electron chi connectivity index (χ2n) is 13.2. The molecule has 1 saturated carbocycles. The van der Waals surface area contributed by atoms with Crippen molar-refractivity contribution in [3.05, 3.63) is 83.4 Å². The van der Waals surface area contributed by atoms with Crippen molar-refractivity contribution in [1.29, 1.82) is 5.26 Å². The SMILES string of the molecule is CCC(=O)O[C@H]1CCC[C@@H]1[C@](Cn1ccnc1C)(c1cccc(F)c1)C1CCN(CC2CN(c3ccc(C#N)cc3F)C2)CC1. The summed E-state index contributed by atoms with van der Waals surface area (Å²) in [4.78, 5) is 21.7. The smallest absolute Gasteiger partial charge is 0.305 e. The number of esters is 1. The van der Waals surface area contributed by atoms with E-state index in [2.05, 4.69) is 20.5 Å². The Morgan fingerprint density at radius 3 is 2.58 bits per heavy atom. The fourth-order valence-electron chi connectivity index (χ4n) is 8.34. The number of piperidine rings is 1. The van der Waals surface area contributed by atoms with Crippen LogP contribution in [0.4, 0.5) is 14.5 Å². The maximum Gasteiger partial charge on any atom is 0.305 e. The number of likely N-dealkylation sites (tertiary alicyclic amines) is 1. The van der Waals surface area contributed by atoms with Crippen molar-refractivity contribution in [2.24, 2.45) is 17.8 Å². The van der Waals surface area contributed by atoms with Crippen molar-refractivity contribution in [3.63, 3.8) is 0 Å². The second-order valence-corrected chi connectivity index (χ2v) is 13.2. The second kappa shape index (κ2) is 13.3. The summed E-state index contributed by atoms with van der Waals surface area (Å²) in [5, 5.41) is 9.05. The van der Waals surface area contributed by atoms with Gasteiger partial charge in [0.05, 0.1) is 17.3 Å². The van der Waals surface area contributed by atoms with Gasteiger partial charge in [0.25, 0.3) is 0 Å². The van der Waals surface area contributed by atoms with E-state index in [1.807, 2.05) is 43.3 Å². The molecular formula is C36H43F2N5O2. The van der Waals surface area contributed by atoms with Gasteiger partial charge in [-0.3, -0.25) is 4.79 Å². The minimum Gasteiger partial charge on any atom is -0.462 e. The van der Waals surface area contributed by atoms with Crippen LogP contribution in [0.5, 0.6) is 0 Å². The van der Waals surface area contributed by atoms with Crippen molar-refractivity contribution >= 4 is 11.7 Å². The van der Waals surface area contributed by atoms with Gasteiger partial charge in [-0.2, -0.15) is 5.26 Å². The van der Waals surface area contributed by atoms with Crippen LogP contribution in [0, 0.1) is 47.6 Å². The molecule has 238 valence electrons. The quantitative estimate of drug-likeness (QED) is 0.251. The Kier molecular flexibility index (Phi) is 9.23. The van der Waals surface area contributed by atoms with Crippen molar-refractivity contribution in [2.75, 3.05) is 37.6 Å². The fraction of sp³-hybridized carbons (Fsp3) is 0.528. The lowest BCUT2D eigenvalue weighted by Gasteiger charge is -2.51. The number of carbonyl (C=O) groups excluding carboxylic acids is 1. The lowest BCUT2D eigenvalue weighted by molar-refractivity contribution is -0.152. The molecule has 0 amide bonds. The number of carbonyl (C=O) groups is 1. The highest BCUT2D eigenvalue weighted by molar-refractivity contribution is 5.69. The van der Waals surface area contributed by atoms with Crippen LogP contribution in [0.15, 0.2) is 54.9 Å². The Morgan fingerprint density at radius 2 is 1.91 bits per heavy atom. The molecule has 2 aromatic carbocycles. The number of anilines is 1. The number of aromatic nitrogens is 2. The molecule has 0 spiro atoms. The van der Waals surface area contributed by atoms with Crippen LogP contribution in [0.2, 0.25) is 0 Å². The van der Waals surface area contributed by atoms with E-state index in [1.165, 1.54) is 12.1 Å². The zero-order valence-electron chi connectivity index (χ0n) is 26.3. The number of nitrogens with zero attached hydrogens (tertiary/aromatic N) is 5. The minimum atomic E-state index is -0.435. The predicted octanol–water partition coefficient (Wildman–Crippen LogP) is 6.25. The van der Waals surface area contributed by atoms with Gasteiger partial charge in [0.2, 0.25) is 0 Å². The molecule has 6 rings (SSSR count). The van der Waals surface area contributed by atoms with Crippen LogP contribution < -0.4 is 4.90 Å². The fourth-order valence-corrected chi connectivity index (χ4v) is 8.34. The highest BCUT2D eigenvalue weighted by Crippen LogP contribution is 2.52. The minimum absolute atomic E-state index is 0.0654. The molecular weight excluding hydrogens is 572 g/mol.